The number of rotatable bonds is 7. The van der Waals surface area contributed by atoms with Crippen LogP contribution in [0, 0.1) is 10.1 Å². The third kappa shape index (κ3) is 5.28. The van der Waals surface area contributed by atoms with Gasteiger partial charge in [0.25, 0.3) is 0 Å². The number of hydrogen-bond donors (Lipinski definition) is 2. The standard InChI is InChI=1S/C17H17N3O3/c21-17(15-9-5-2-6-10-15)19-16(20(22)23)13-18-12-11-14-7-3-1-4-8-14/h1-10,13,18H,11-12H2,(H,19,21)/b16-13+. The number of amides is 1. The Labute approximate surface area is 134 Å². The summed E-state index contributed by atoms with van der Waals surface area (Å²) in [6.45, 7) is 0.530. The molecular weight excluding hydrogens is 294 g/mol. The lowest BCUT2D eigenvalue weighted by Gasteiger charge is -2.04. The minimum absolute atomic E-state index is 0.365. The van der Waals surface area contributed by atoms with Gasteiger partial charge in [0.15, 0.2) is 0 Å². The number of nitrogens with zero attached hydrogens (tertiary/aromatic N) is 1. The molecule has 0 aliphatic heterocycles. The van der Waals surface area contributed by atoms with Crippen molar-refractivity contribution < 1.29 is 9.72 Å². The average molecular weight is 311 g/mol. The van der Waals surface area contributed by atoms with Crippen LogP contribution in [0.3, 0.4) is 0 Å². The molecule has 0 unspecified atom stereocenters. The van der Waals surface area contributed by atoms with E-state index >= 15 is 0 Å². The highest BCUT2D eigenvalue weighted by Crippen LogP contribution is 2.01. The van der Waals surface area contributed by atoms with E-state index in [2.05, 4.69) is 10.6 Å². The zero-order valence-corrected chi connectivity index (χ0v) is 12.4. The molecule has 6 nitrogen and oxygen atoms in total. The van der Waals surface area contributed by atoms with Crippen LogP contribution in [0.25, 0.3) is 0 Å². The summed E-state index contributed by atoms with van der Waals surface area (Å²) in [6.07, 6.45) is 1.94. The van der Waals surface area contributed by atoms with Gasteiger partial charge >= 0.3 is 11.7 Å². The fourth-order valence-electron chi connectivity index (χ4n) is 1.94. The van der Waals surface area contributed by atoms with Crippen LogP contribution < -0.4 is 10.6 Å². The van der Waals surface area contributed by atoms with Crippen LogP contribution in [0.4, 0.5) is 0 Å². The Kier molecular flexibility index (Phi) is 5.88. The first-order valence-corrected chi connectivity index (χ1v) is 7.15. The summed E-state index contributed by atoms with van der Waals surface area (Å²) in [5.41, 5.74) is 1.49. The fourth-order valence-corrected chi connectivity index (χ4v) is 1.94. The molecule has 23 heavy (non-hydrogen) atoms. The van der Waals surface area contributed by atoms with Gasteiger partial charge in [0.1, 0.15) is 0 Å². The number of benzene rings is 2. The molecule has 2 N–H and O–H groups in total. The topological polar surface area (TPSA) is 84.3 Å². The zero-order valence-electron chi connectivity index (χ0n) is 12.4. The highest BCUT2D eigenvalue weighted by atomic mass is 16.6. The molecule has 0 heterocycles. The molecule has 0 radical (unpaired) electrons. The van der Waals surface area contributed by atoms with Gasteiger partial charge in [0.05, 0.1) is 11.8 Å². The van der Waals surface area contributed by atoms with Gasteiger partial charge in [-0.25, -0.2) is 10.1 Å². The minimum Gasteiger partial charge on any atom is -0.384 e. The summed E-state index contributed by atoms with van der Waals surface area (Å²) in [4.78, 5) is 22.3. The van der Waals surface area contributed by atoms with Crippen molar-refractivity contribution in [3.63, 3.8) is 0 Å². The van der Waals surface area contributed by atoms with Crippen LogP contribution in [0.1, 0.15) is 15.9 Å². The number of hydrogen-bond acceptors (Lipinski definition) is 4. The van der Waals surface area contributed by atoms with Gasteiger partial charge < -0.3 is 15.4 Å². The monoisotopic (exact) mass is 311 g/mol. The molecule has 0 aliphatic rings. The number of nitrogens with one attached hydrogen (secondary N) is 2. The van der Waals surface area contributed by atoms with Crippen molar-refractivity contribution in [2.24, 2.45) is 0 Å². The summed E-state index contributed by atoms with van der Waals surface area (Å²) in [5.74, 6) is -0.898. The van der Waals surface area contributed by atoms with Gasteiger partial charge in [0.2, 0.25) is 0 Å². The van der Waals surface area contributed by atoms with Crippen LogP contribution >= 0.6 is 0 Å². The molecule has 0 fully saturated rings. The van der Waals surface area contributed by atoms with Crippen LogP contribution in [0.15, 0.2) is 72.7 Å². The summed E-state index contributed by atoms with van der Waals surface area (Å²) >= 11 is 0. The molecule has 0 spiro atoms. The Balaban J connectivity index is 1.90. The molecule has 118 valence electrons. The van der Waals surface area contributed by atoms with Crippen molar-refractivity contribution in [1.82, 2.24) is 10.6 Å². The van der Waals surface area contributed by atoms with E-state index in [1.54, 1.807) is 30.3 Å². The molecule has 0 aromatic heterocycles. The molecule has 2 aromatic carbocycles. The Morgan fingerprint density at radius 3 is 2.26 bits per heavy atom. The lowest BCUT2D eigenvalue weighted by molar-refractivity contribution is -0.430. The average Bonchev–Trinajstić information content (AvgIpc) is 2.59. The molecule has 2 aromatic rings. The molecule has 0 saturated heterocycles. The van der Waals surface area contributed by atoms with Crippen LogP contribution in [0.5, 0.6) is 0 Å². The third-order valence-electron chi connectivity index (χ3n) is 3.11. The molecule has 0 atom stereocenters. The van der Waals surface area contributed by atoms with Gasteiger partial charge in [-0.2, -0.15) is 0 Å². The summed E-state index contributed by atoms with van der Waals surface area (Å²) in [7, 11) is 0. The quantitative estimate of drug-likeness (QED) is 0.467. The smallest absolute Gasteiger partial charge is 0.339 e. The summed E-state index contributed by atoms with van der Waals surface area (Å²) in [5, 5.41) is 16.2. The second kappa shape index (κ2) is 8.33. The predicted molar refractivity (Wildman–Crippen MR) is 87.1 cm³/mol. The highest BCUT2D eigenvalue weighted by Gasteiger charge is 2.16. The molecule has 6 heteroatoms. The number of carbonyl (C=O) groups excluding carboxylic acids is 1. The normalized spacial score (nSPS) is 10.9. The van der Waals surface area contributed by atoms with Gasteiger partial charge in [-0.05, 0) is 29.0 Å². The lowest BCUT2D eigenvalue weighted by Crippen LogP contribution is -2.29. The maximum atomic E-state index is 11.9. The van der Waals surface area contributed by atoms with E-state index < -0.39 is 10.8 Å². The highest BCUT2D eigenvalue weighted by molar-refractivity contribution is 5.94. The van der Waals surface area contributed by atoms with E-state index in [0.29, 0.717) is 12.1 Å². The maximum absolute atomic E-state index is 11.9. The van der Waals surface area contributed by atoms with E-state index in [1.165, 1.54) is 6.20 Å². The van der Waals surface area contributed by atoms with Gasteiger partial charge in [-0.1, -0.05) is 48.5 Å². The SMILES string of the molecule is O=C(N/C(=C\NCCc1ccccc1)[N+](=O)[O-])c1ccccc1. The Morgan fingerprint density at radius 1 is 1.04 bits per heavy atom. The second-order valence-corrected chi connectivity index (χ2v) is 4.80. The van der Waals surface area contributed by atoms with E-state index in [0.717, 1.165) is 12.0 Å². The largest absolute Gasteiger partial charge is 0.384 e. The second-order valence-electron chi connectivity index (χ2n) is 4.80. The lowest BCUT2D eigenvalue weighted by atomic mass is 10.1. The van der Waals surface area contributed by atoms with E-state index in [1.807, 2.05) is 30.3 Å². The molecule has 0 saturated carbocycles. The molecule has 0 bridgehead atoms. The summed E-state index contributed by atoms with van der Waals surface area (Å²) < 4.78 is 0. The first-order chi connectivity index (χ1) is 11.2. The van der Waals surface area contributed by atoms with Crippen molar-refractivity contribution >= 4 is 5.91 Å². The van der Waals surface area contributed by atoms with Crippen molar-refractivity contribution in [2.45, 2.75) is 6.42 Å². The predicted octanol–water partition coefficient (Wildman–Crippen LogP) is 2.32. The fraction of sp³-hybridized carbons (Fsp3) is 0.118. The molecule has 1 amide bonds. The van der Waals surface area contributed by atoms with Gasteiger partial charge in [-0.15, -0.1) is 0 Å². The zero-order chi connectivity index (χ0) is 16.5. The van der Waals surface area contributed by atoms with E-state index in [-0.39, 0.29) is 5.82 Å². The van der Waals surface area contributed by atoms with Crippen LogP contribution in [-0.2, 0) is 6.42 Å². The van der Waals surface area contributed by atoms with E-state index in [4.69, 9.17) is 0 Å². The van der Waals surface area contributed by atoms with E-state index in [9.17, 15) is 14.9 Å². The Bertz CT molecular complexity index is 685. The first-order valence-electron chi connectivity index (χ1n) is 7.15. The van der Waals surface area contributed by atoms with Gasteiger partial charge in [0, 0.05) is 6.54 Å². The summed E-state index contributed by atoms with van der Waals surface area (Å²) in [6, 6.07) is 18.1. The third-order valence-corrected chi connectivity index (χ3v) is 3.11. The van der Waals surface area contributed by atoms with Crippen LogP contribution in [0.2, 0.25) is 0 Å². The van der Waals surface area contributed by atoms with Crippen molar-refractivity contribution in [2.75, 3.05) is 6.54 Å². The van der Waals surface area contributed by atoms with Gasteiger partial charge in [-0.3, -0.25) is 0 Å². The minimum atomic E-state index is -0.629. The maximum Gasteiger partial charge on any atom is 0.339 e. The molecule has 0 aliphatic carbocycles. The number of nitro groups is 1. The first kappa shape index (κ1) is 16.2. The Hall–Kier alpha value is -3.15. The number of carbonyl (C=O) groups is 1. The van der Waals surface area contributed by atoms with Crippen molar-refractivity contribution in [3.05, 3.63) is 93.9 Å². The molecule has 2 rings (SSSR count). The Morgan fingerprint density at radius 2 is 1.65 bits per heavy atom. The van der Waals surface area contributed by atoms with Crippen molar-refractivity contribution in [1.29, 1.82) is 0 Å². The molecular formula is C17H17N3O3. The van der Waals surface area contributed by atoms with Crippen LogP contribution in [-0.4, -0.2) is 17.4 Å². The van der Waals surface area contributed by atoms with Crippen molar-refractivity contribution in [3.8, 4) is 0 Å².